The van der Waals surface area contributed by atoms with E-state index in [4.69, 9.17) is 9.57 Å². The molecule has 1 aromatic heterocycles. The second-order valence-electron chi connectivity index (χ2n) is 12.7. The number of nitrogens with one attached hydrogen (secondary N) is 1. The lowest BCUT2D eigenvalue weighted by molar-refractivity contribution is 0.0541. The van der Waals surface area contributed by atoms with Crippen LogP contribution in [0.25, 0.3) is 5.70 Å². The number of rotatable bonds is 15. The number of thiazole rings is 1. The molecule has 2 N–H and O–H groups in total. The fraction of sp³-hybridized carbons (Fsp3) is 0.0889. The summed E-state index contributed by atoms with van der Waals surface area (Å²) in [6.07, 6.45) is 0.349. The van der Waals surface area contributed by atoms with Crippen LogP contribution in [0.5, 0.6) is 11.6 Å². The van der Waals surface area contributed by atoms with Crippen LogP contribution in [0.1, 0.15) is 32.7 Å². The molecule has 0 spiro atoms. The fourth-order valence-corrected chi connectivity index (χ4v) is 8.83. The van der Waals surface area contributed by atoms with Gasteiger partial charge >= 0.3 is 4.87 Å². The minimum atomic E-state index is -3.61. The van der Waals surface area contributed by atoms with Crippen LogP contribution in [0.3, 0.4) is 0 Å². The van der Waals surface area contributed by atoms with Crippen LogP contribution in [0.2, 0.25) is 0 Å². The van der Waals surface area contributed by atoms with E-state index in [1.165, 1.54) is 4.57 Å². The minimum absolute atomic E-state index is 0.0775. The van der Waals surface area contributed by atoms with Crippen molar-refractivity contribution in [1.29, 1.82) is 0 Å². The van der Waals surface area contributed by atoms with Gasteiger partial charge in [0, 0.05) is 6.42 Å². The van der Waals surface area contributed by atoms with Gasteiger partial charge in [0.15, 0.2) is 0 Å². The zero-order chi connectivity index (χ0) is 38.3. The molecular formula is C45H38N2O6S2. The SMILES string of the molecule is C=C(NOCCOc1ccc(Cc2sc(=O)n(C(c3ccccc3)(c3ccccc3)c3ccccc3)c2O)cc1)c1ccc(S(=O)(=O)c2ccccc2)cc1. The van der Waals surface area contributed by atoms with E-state index in [2.05, 4.69) is 12.1 Å². The molecule has 0 saturated heterocycles. The minimum Gasteiger partial charge on any atom is -0.494 e. The first-order valence-electron chi connectivity index (χ1n) is 17.6. The second-order valence-corrected chi connectivity index (χ2v) is 15.7. The quantitative estimate of drug-likeness (QED) is 0.0613. The lowest BCUT2D eigenvalue weighted by atomic mass is 9.76. The van der Waals surface area contributed by atoms with Crippen LogP contribution < -0.4 is 15.1 Å². The third kappa shape index (κ3) is 7.74. The molecule has 1 heterocycles. The Kier molecular flexibility index (Phi) is 11.1. The molecule has 6 aromatic carbocycles. The molecule has 0 amide bonds. The lowest BCUT2D eigenvalue weighted by Crippen LogP contribution is -2.42. The maximum atomic E-state index is 14.0. The average molecular weight is 767 g/mol. The van der Waals surface area contributed by atoms with Gasteiger partial charge in [-0.1, -0.05) is 151 Å². The highest BCUT2D eigenvalue weighted by Gasteiger charge is 2.42. The smallest absolute Gasteiger partial charge is 0.311 e. The summed E-state index contributed by atoms with van der Waals surface area (Å²) in [5.41, 5.74) is 6.29. The topological polar surface area (TPSA) is 107 Å². The van der Waals surface area contributed by atoms with Crippen LogP contribution >= 0.6 is 11.3 Å². The monoisotopic (exact) mass is 766 g/mol. The molecule has 0 radical (unpaired) electrons. The molecule has 0 bridgehead atoms. The first kappa shape index (κ1) is 37.1. The predicted molar refractivity (Wildman–Crippen MR) is 216 cm³/mol. The molecule has 276 valence electrons. The molecule has 0 aliphatic carbocycles. The van der Waals surface area contributed by atoms with Crippen LogP contribution in [-0.4, -0.2) is 31.3 Å². The maximum Gasteiger partial charge on any atom is 0.311 e. The van der Waals surface area contributed by atoms with Crippen LogP contribution in [0.15, 0.2) is 191 Å². The maximum absolute atomic E-state index is 14.0. The molecule has 0 fully saturated rings. The summed E-state index contributed by atoms with van der Waals surface area (Å²) in [6.45, 7) is 4.44. The summed E-state index contributed by atoms with van der Waals surface area (Å²) in [5, 5.41) is 11.9. The Morgan fingerprint density at radius 3 is 1.69 bits per heavy atom. The highest BCUT2D eigenvalue weighted by atomic mass is 32.2. The average Bonchev–Trinajstić information content (AvgIpc) is 3.51. The highest BCUT2D eigenvalue weighted by Crippen LogP contribution is 2.43. The predicted octanol–water partition coefficient (Wildman–Crippen LogP) is 8.45. The normalized spacial score (nSPS) is 11.6. The van der Waals surface area contributed by atoms with E-state index in [0.29, 0.717) is 28.3 Å². The van der Waals surface area contributed by atoms with Gasteiger partial charge < -0.3 is 9.84 Å². The summed E-state index contributed by atoms with van der Waals surface area (Å²) in [7, 11) is -3.61. The number of hydrogen-bond donors (Lipinski definition) is 2. The van der Waals surface area contributed by atoms with Gasteiger partial charge in [-0.15, -0.1) is 0 Å². The van der Waals surface area contributed by atoms with Crippen LogP contribution in [0.4, 0.5) is 0 Å². The van der Waals surface area contributed by atoms with Crippen molar-refractivity contribution in [3.05, 3.63) is 219 Å². The van der Waals surface area contributed by atoms with Gasteiger partial charge in [0.25, 0.3) is 0 Å². The number of benzene rings is 6. The molecule has 10 heteroatoms. The van der Waals surface area contributed by atoms with E-state index < -0.39 is 15.4 Å². The van der Waals surface area contributed by atoms with E-state index in [0.717, 1.165) is 33.6 Å². The fourth-order valence-electron chi connectivity index (χ4n) is 6.60. The first-order valence-corrected chi connectivity index (χ1v) is 19.9. The Hall–Kier alpha value is -6.20. The molecule has 0 aliphatic rings. The zero-order valence-electron chi connectivity index (χ0n) is 29.7. The van der Waals surface area contributed by atoms with Gasteiger partial charge in [0.1, 0.15) is 24.5 Å². The Morgan fingerprint density at radius 2 is 1.16 bits per heavy atom. The van der Waals surface area contributed by atoms with Crippen molar-refractivity contribution >= 4 is 26.9 Å². The van der Waals surface area contributed by atoms with E-state index >= 15 is 0 Å². The van der Waals surface area contributed by atoms with E-state index in [1.807, 2.05) is 115 Å². The Balaban J connectivity index is 0.994. The van der Waals surface area contributed by atoms with Gasteiger partial charge in [-0.05, 0) is 64.2 Å². The van der Waals surface area contributed by atoms with Crippen molar-refractivity contribution < 1.29 is 23.1 Å². The number of ether oxygens (including phenoxy) is 1. The van der Waals surface area contributed by atoms with Crippen LogP contribution in [-0.2, 0) is 26.6 Å². The van der Waals surface area contributed by atoms with Crippen molar-refractivity contribution in [2.45, 2.75) is 21.8 Å². The van der Waals surface area contributed by atoms with Gasteiger partial charge in [-0.25, -0.2) is 8.42 Å². The largest absolute Gasteiger partial charge is 0.494 e. The molecule has 55 heavy (non-hydrogen) atoms. The summed E-state index contributed by atoms with van der Waals surface area (Å²) in [5.74, 6) is 0.555. The van der Waals surface area contributed by atoms with E-state index in [1.54, 1.807) is 54.6 Å². The molecule has 8 nitrogen and oxygen atoms in total. The lowest BCUT2D eigenvalue weighted by Gasteiger charge is -2.37. The third-order valence-corrected chi connectivity index (χ3v) is 12.0. The molecule has 7 rings (SSSR count). The Bertz CT molecular complexity index is 2420. The summed E-state index contributed by atoms with van der Waals surface area (Å²) in [6, 6.07) is 51.6. The summed E-state index contributed by atoms with van der Waals surface area (Å²) < 4.78 is 33.1. The van der Waals surface area contributed by atoms with Crippen molar-refractivity contribution in [3.8, 4) is 11.6 Å². The number of hydroxylamine groups is 1. The van der Waals surface area contributed by atoms with Gasteiger partial charge in [-0.2, -0.15) is 0 Å². The second kappa shape index (κ2) is 16.4. The van der Waals surface area contributed by atoms with Crippen molar-refractivity contribution in [3.63, 3.8) is 0 Å². The van der Waals surface area contributed by atoms with E-state index in [-0.39, 0.29) is 33.8 Å². The zero-order valence-corrected chi connectivity index (χ0v) is 31.4. The van der Waals surface area contributed by atoms with Crippen molar-refractivity contribution in [1.82, 2.24) is 10.0 Å². The number of nitrogens with zero attached hydrogens (tertiary/aromatic N) is 1. The molecule has 0 saturated carbocycles. The highest BCUT2D eigenvalue weighted by molar-refractivity contribution is 7.91. The van der Waals surface area contributed by atoms with Crippen molar-refractivity contribution in [2.75, 3.05) is 13.2 Å². The molecular weight excluding hydrogens is 729 g/mol. The molecule has 0 unspecified atom stereocenters. The Labute approximate surface area is 324 Å². The number of sulfone groups is 1. The number of hydrogen-bond acceptors (Lipinski definition) is 8. The molecule has 0 atom stereocenters. The van der Waals surface area contributed by atoms with Crippen LogP contribution in [0, 0.1) is 0 Å². The third-order valence-electron chi connectivity index (χ3n) is 9.27. The Morgan fingerprint density at radius 1 is 0.673 bits per heavy atom. The number of aromatic hydroxyl groups is 1. The standard InChI is InChI=1S/C45H38N2O6S2/c1-33(35-24-28-41(29-25-35)55(50,51)40-20-12-5-13-21-40)46-53-31-30-52-39-26-22-34(23-27-39)32-42-43(48)47(44(49)54-42)45(36-14-6-2-7-15-36,37-16-8-3-9-17-37)38-18-10-4-11-19-38/h2-29,46,48H,1,30-32H2. The summed E-state index contributed by atoms with van der Waals surface area (Å²) >= 11 is 1.04. The van der Waals surface area contributed by atoms with Crippen molar-refractivity contribution in [2.24, 2.45) is 0 Å². The number of aromatic nitrogens is 1. The first-order chi connectivity index (χ1) is 26.8. The molecule has 0 aliphatic heterocycles. The van der Waals surface area contributed by atoms with Gasteiger partial charge in [0.2, 0.25) is 15.7 Å². The summed E-state index contributed by atoms with van der Waals surface area (Å²) in [4.78, 5) is 20.3. The van der Waals surface area contributed by atoms with E-state index in [9.17, 15) is 18.3 Å². The molecule has 7 aromatic rings. The van der Waals surface area contributed by atoms with Gasteiger partial charge in [-0.3, -0.25) is 19.7 Å². The van der Waals surface area contributed by atoms with Gasteiger partial charge in [0.05, 0.1) is 20.4 Å².